The number of carbonyl (C=O) groups is 1. The van der Waals surface area contributed by atoms with Gasteiger partial charge in [0.25, 0.3) is 0 Å². The van der Waals surface area contributed by atoms with E-state index in [9.17, 15) is 4.79 Å². The molecule has 3 nitrogen and oxygen atoms in total. The summed E-state index contributed by atoms with van der Waals surface area (Å²) in [6.07, 6.45) is 0.844. The number of nitrogens with zero attached hydrogens (tertiary/aromatic N) is 1. The van der Waals surface area contributed by atoms with Crippen LogP contribution in [-0.2, 0) is 4.79 Å². The van der Waals surface area contributed by atoms with Crippen molar-refractivity contribution in [2.45, 2.75) is 0 Å². The Morgan fingerprint density at radius 2 is 2.43 bits per heavy atom. The van der Waals surface area contributed by atoms with Crippen LogP contribution < -0.4 is 5.43 Å². The monoisotopic (exact) mass is 102 g/mol. The SMILES string of the molecule is CNN(C)CC=O. The van der Waals surface area contributed by atoms with Crippen molar-refractivity contribution >= 4 is 6.29 Å². The quantitative estimate of drug-likeness (QED) is 0.376. The topological polar surface area (TPSA) is 32.3 Å². The Bertz CT molecular complexity index is 55.7. The van der Waals surface area contributed by atoms with Gasteiger partial charge in [0.2, 0.25) is 0 Å². The van der Waals surface area contributed by atoms with Crippen LogP contribution in [0.4, 0.5) is 0 Å². The zero-order valence-corrected chi connectivity index (χ0v) is 4.64. The second-order valence-corrected chi connectivity index (χ2v) is 1.27. The van der Waals surface area contributed by atoms with Crippen LogP contribution in [0.25, 0.3) is 0 Å². The van der Waals surface area contributed by atoms with Crippen molar-refractivity contribution in [1.82, 2.24) is 10.4 Å². The largest absolute Gasteiger partial charge is 0.302 e. The number of hydrogen-bond acceptors (Lipinski definition) is 3. The van der Waals surface area contributed by atoms with Gasteiger partial charge in [0.1, 0.15) is 6.29 Å². The Morgan fingerprint density at radius 3 is 2.57 bits per heavy atom. The minimum Gasteiger partial charge on any atom is -0.302 e. The van der Waals surface area contributed by atoms with E-state index in [1.54, 1.807) is 19.1 Å². The Hall–Kier alpha value is -0.410. The average Bonchev–Trinajstić information content (AvgIpc) is 1.68. The summed E-state index contributed by atoms with van der Waals surface area (Å²) < 4.78 is 0. The molecule has 3 heteroatoms. The molecule has 0 unspecified atom stereocenters. The fraction of sp³-hybridized carbons (Fsp3) is 0.750. The number of nitrogens with one attached hydrogen (secondary N) is 1. The molecule has 0 aromatic rings. The predicted octanol–water partition coefficient (Wildman–Crippen LogP) is -0.749. The van der Waals surface area contributed by atoms with Gasteiger partial charge in [0, 0.05) is 7.05 Å². The van der Waals surface area contributed by atoms with Gasteiger partial charge in [0.15, 0.2) is 0 Å². The van der Waals surface area contributed by atoms with Crippen LogP contribution in [0.2, 0.25) is 0 Å². The van der Waals surface area contributed by atoms with Gasteiger partial charge in [-0.25, -0.2) is 5.01 Å². The molecule has 0 fully saturated rings. The third kappa shape index (κ3) is 3.42. The number of aldehydes is 1. The maximum atomic E-state index is 9.69. The number of carbonyl (C=O) groups excluding carboxylic acids is 1. The highest BCUT2D eigenvalue weighted by Gasteiger charge is 1.85. The molecule has 0 saturated carbocycles. The van der Waals surface area contributed by atoms with Gasteiger partial charge < -0.3 is 4.79 Å². The second-order valence-electron chi connectivity index (χ2n) is 1.27. The van der Waals surface area contributed by atoms with Crippen molar-refractivity contribution in [1.29, 1.82) is 0 Å². The van der Waals surface area contributed by atoms with Crippen molar-refractivity contribution in [3.8, 4) is 0 Å². The highest BCUT2D eigenvalue weighted by Crippen LogP contribution is 1.62. The Kier molecular flexibility index (Phi) is 3.55. The van der Waals surface area contributed by atoms with Crippen LogP contribution in [0, 0.1) is 0 Å². The third-order valence-electron chi connectivity index (χ3n) is 0.730. The molecule has 0 aliphatic rings. The molecule has 0 aromatic carbocycles. The number of likely N-dealkylation sites (N-methyl/N-ethyl adjacent to an activating group) is 1. The molecule has 42 valence electrons. The van der Waals surface area contributed by atoms with E-state index in [4.69, 9.17) is 0 Å². The average molecular weight is 102 g/mol. The van der Waals surface area contributed by atoms with Gasteiger partial charge in [-0.2, -0.15) is 0 Å². The van der Waals surface area contributed by atoms with Crippen molar-refractivity contribution in [3.05, 3.63) is 0 Å². The molecule has 0 aliphatic heterocycles. The third-order valence-corrected chi connectivity index (χ3v) is 0.730. The van der Waals surface area contributed by atoms with Crippen LogP contribution in [0.15, 0.2) is 0 Å². The van der Waals surface area contributed by atoms with Gasteiger partial charge in [-0.15, -0.1) is 0 Å². The maximum absolute atomic E-state index is 9.69. The standard InChI is InChI=1S/C4H10N2O/c1-5-6(2)3-4-7/h4-5H,3H2,1-2H3. The summed E-state index contributed by atoms with van der Waals surface area (Å²) in [7, 11) is 3.57. The summed E-state index contributed by atoms with van der Waals surface area (Å²) in [6.45, 7) is 0.441. The molecule has 0 radical (unpaired) electrons. The molecular weight excluding hydrogens is 92.1 g/mol. The molecule has 0 aliphatic carbocycles. The minimum absolute atomic E-state index is 0.441. The minimum atomic E-state index is 0.441. The van der Waals surface area contributed by atoms with Crippen molar-refractivity contribution in [2.75, 3.05) is 20.6 Å². The van der Waals surface area contributed by atoms with Crippen molar-refractivity contribution in [3.63, 3.8) is 0 Å². The smallest absolute Gasteiger partial charge is 0.135 e. The van der Waals surface area contributed by atoms with E-state index >= 15 is 0 Å². The molecule has 0 amide bonds. The number of hydrazine groups is 1. The molecule has 0 heterocycles. The summed E-state index contributed by atoms with van der Waals surface area (Å²) >= 11 is 0. The van der Waals surface area contributed by atoms with Crippen LogP contribution in [0.5, 0.6) is 0 Å². The first-order valence-corrected chi connectivity index (χ1v) is 2.13. The lowest BCUT2D eigenvalue weighted by atomic mass is 10.7. The van der Waals surface area contributed by atoms with Gasteiger partial charge in [0.05, 0.1) is 6.54 Å². The fourth-order valence-electron chi connectivity index (χ4n) is 0.203. The van der Waals surface area contributed by atoms with Gasteiger partial charge in [-0.1, -0.05) is 0 Å². The zero-order chi connectivity index (χ0) is 5.70. The zero-order valence-electron chi connectivity index (χ0n) is 4.64. The van der Waals surface area contributed by atoms with Crippen molar-refractivity contribution in [2.24, 2.45) is 0 Å². The Balaban J connectivity index is 2.98. The van der Waals surface area contributed by atoms with E-state index in [0.717, 1.165) is 6.29 Å². The van der Waals surface area contributed by atoms with E-state index in [2.05, 4.69) is 5.43 Å². The summed E-state index contributed by atoms with van der Waals surface area (Å²) in [5, 5.41) is 1.69. The first kappa shape index (κ1) is 6.59. The van der Waals surface area contributed by atoms with Crippen LogP contribution in [0.1, 0.15) is 0 Å². The normalized spacial score (nSPS) is 9.57. The lowest BCUT2D eigenvalue weighted by Gasteiger charge is -2.08. The molecule has 0 aromatic heterocycles. The molecule has 0 rings (SSSR count). The van der Waals surface area contributed by atoms with E-state index in [-0.39, 0.29) is 0 Å². The summed E-state index contributed by atoms with van der Waals surface area (Å²) in [4.78, 5) is 9.69. The van der Waals surface area contributed by atoms with Crippen LogP contribution in [-0.4, -0.2) is 31.9 Å². The molecule has 0 saturated heterocycles. The van der Waals surface area contributed by atoms with E-state index < -0.39 is 0 Å². The molecular formula is C4H10N2O. The van der Waals surface area contributed by atoms with Gasteiger partial charge in [-0.3, -0.25) is 5.43 Å². The van der Waals surface area contributed by atoms with Gasteiger partial charge in [-0.05, 0) is 7.05 Å². The maximum Gasteiger partial charge on any atom is 0.135 e. The lowest BCUT2D eigenvalue weighted by molar-refractivity contribution is -0.109. The van der Waals surface area contributed by atoms with Gasteiger partial charge >= 0.3 is 0 Å². The molecule has 1 N–H and O–H groups in total. The highest BCUT2D eigenvalue weighted by atomic mass is 16.1. The molecule has 0 atom stereocenters. The van der Waals surface area contributed by atoms with E-state index in [0.29, 0.717) is 6.54 Å². The summed E-state index contributed by atoms with van der Waals surface area (Å²) in [5.74, 6) is 0. The molecule has 0 spiro atoms. The van der Waals surface area contributed by atoms with Crippen molar-refractivity contribution < 1.29 is 4.79 Å². The predicted molar refractivity (Wildman–Crippen MR) is 27.8 cm³/mol. The number of hydrogen-bond donors (Lipinski definition) is 1. The molecule has 0 bridgehead atoms. The van der Waals surface area contributed by atoms with Crippen LogP contribution >= 0.6 is 0 Å². The van der Waals surface area contributed by atoms with E-state index in [1.165, 1.54) is 0 Å². The van der Waals surface area contributed by atoms with E-state index in [1.807, 2.05) is 0 Å². The Morgan fingerprint density at radius 1 is 1.86 bits per heavy atom. The van der Waals surface area contributed by atoms with Crippen LogP contribution in [0.3, 0.4) is 0 Å². The first-order valence-electron chi connectivity index (χ1n) is 2.13. The highest BCUT2D eigenvalue weighted by molar-refractivity contribution is 5.51. The molecule has 7 heavy (non-hydrogen) atoms. The number of rotatable bonds is 3. The first-order chi connectivity index (χ1) is 3.31. The lowest BCUT2D eigenvalue weighted by Crippen LogP contribution is -2.32. The second kappa shape index (κ2) is 3.77. The summed E-state index contributed by atoms with van der Waals surface area (Å²) in [6, 6.07) is 0. The Labute approximate surface area is 43.3 Å². The fourth-order valence-corrected chi connectivity index (χ4v) is 0.203. The summed E-state index contributed by atoms with van der Waals surface area (Å²) in [5.41, 5.74) is 2.77.